The highest BCUT2D eigenvalue weighted by Gasteiger charge is 2.44. The number of nitrogens with one attached hydrogen (secondary N) is 1. The quantitative estimate of drug-likeness (QED) is 0.869. The lowest BCUT2D eigenvalue weighted by molar-refractivity contribution is -0.141. The number of halogens is 3. The molecule has 2 aliphatic heterocycles. The first kappa shape index (κ1) is 16.0. The number of rotatable bonds is 5. The fourth-order valence-electron chi connectivity index (χ4n) is 2.95. The van der Waals surface area contributed by atoms with Crippen LogP contribution in [0.25, 0.3) is 5.70 Å². The maximum absolute atomic E-state index is 12.6. The van der Waals surface area contributed by atoms with Crippen LogP contribution in [0.1, 0.15) is 25.3 Å². The molecule has 0 aromatic heterocycles. The summed E-state index contributed by atoms with van der Waals surface area (Å²) >= 11 is 6.10. The smallest absolute Gasteiger partial charge is 0.387 e. The number of benzene rings is 1. The van der Waals surface area contributed by atoms with Crippen LogP contribution in [0.3, 0.4) is 0 Å². The third-order valence-corrected chi connectivity index (χ3v) is 4.90. The summed E-state index contributed by atoms with van der Waals surface area (Å²) < 4.78 is 41.0. The minimum Gasteiger partial charge on any atom is -0.485 e. The highest BCUT2D eigenvalue weighted by molar-refractivity contribution is 6.32. The van der Waals surface area contributed by atoms with Gasteiger partial charge >= 0.3 is 6.61 Å². The van der Waals surface area contributed by atoms with E-state index in [1.807, 2.05) is 6.08 Å². The molecule has 1 aromatic rings. The van der Waals surface area contributed by atoms with Crippen LogP contribution in [0.15, 0.2) is 18.2 Å². The second-order valence-electron chi connectivity index (χ2n) is 6.84. The molecule has 0 amide bonds. The zero-order valence-electron chi connectivity index (χ0n) is 13.2. The second-order valence-corrected chi connectivity index (χ2v) is 7.25. The highest BCUT2D eigenvalue weighted by Crippen LogP contribution is 2.44. The van der Waals surface area contributed by atoms with E-state index in [1.165, 1.54) is 6.07 Å². The Bertz CT molecular complexity index is 687. The lowest BCUT2D eigenvalue weighted by atomic mass is 9.80. The van der Waals surface area contributed by atoms with Crippen LogP contribution in [0, 0.1) is 5.41 Å². The molecular weight excluding hydrogens is 340 g/mol. The van der Waals surface area contributed by atoms with E-state index in [1.54, 1.807) is 6.07 Å². The fourth-order valence-corrected chi connectivity index (χ4v) is 3.15. The van der Waals surface area contributed by atoms with Crippen LogP contribution in [0.4, 0.5) is 8.78 Å². The Morgan fingerprint density at radius 1 is 1.33 bits per heavy atom. The molecule has 1 aliphatic carbocycles. The third-order valence-electron chi connectivity index (χ3n) is 4.60. The molecule has 1 saturated carbocycles. The van der Waals surface area contributed by atoms with Gasteiger partial charge in [0.05, 0.1) is 23.7 Å². The van der Waals surface area contributed by atoms with E-state index >= 15 is 0 Å². The normalized spacial score (nSPS) is 24.5. The van der Waals surface area contributed by atoms with Crippen LogP contribution in [0.5, 0.6) is 11.5 Å². The van der Waals surface area contributed by atoms with Crippen LogP contribution >= 0.6 is 11.6 Å². The van der Waals surface area contributed by atoms with Gasteiger partial charge < -0.3 is 19.5 Å². The molecule has 130 valence electrons. The molecule has 7 heteroatoms. The van der Waals surface area contributed by atoms with Gasteiger partial charge in [0.15, 0.2) is 0 Å². The summed E-state index contributed by atoms with van der Waals surface area (Å²) in [7, 11) is 0. The van der Waals surface area contributed by atoms with Crippen molar-refractivity contribution in [1.82, 2.24) is 5.32 Å². The average molecular weight is 358 g/mol. The summed E-state index contributed by atoms with van der Waals surface area (Å²) in [5.74, 6) is 0.422. The molecule has 1 aromatic carbocycles. The molecule has 4 nitrogen and oxygen atoms in total. The molecule has 0 spiro atoms. The number of hydrogen-bond donors (Lipinski definition) is 1. The average Bonchev–Trinajstić information content (AvgIpc) is 3.29. The van der Waals surface area contributed by atoms with Gasteiger partial charge in [-0.3, -0.25) is 0 Å². The van der Waals surface area contributed by atoms with Gasteiger partial charge in [-0.2, -0.15) is 8.78 Å². The van der Waals surface area contributed by atoms with Crippen molar-refractivity contribution in [2.45, 2.75) is 38.5 Å². The molecule has 2 heterocycles. The van der Waals surface area contributed by atoms with Crippen LogP contribution in [-0.4, -0.2) is 32.0 Å². The number of fused-ring (bicyclic) bond motifs is 1. The molecule has 0 radical (unpaired) electrons. The van der Waals surface area contributed by atoms with Crippen molar-refractivity contribution in [3.05, 3.63) is 28.8 Å². The van der Waals surface area contributed by atoms with Gasteiger partial charge in [0, 0.05) is 23.4 Å². The largest absolute Gasteiger partial charge is 0.485 e. The Morgan fingerprint density at radius 3 is 2.67 bits per heavy atom. The molecule has 1 N–H and O–H groups in total. The summed E-state index contributed by atoms with van der Waals surface area (Å²) in [6.07, 6.45) is 4.10. The molecule has 4 rings (SSSR count). The first-order valence-corrected chi connectivity index (χ1v) is 8.34. The molecule has 1 unspecified atom stereocenters. The molecule has 0 bridgehead atoms. The molecule has 2 fully saturated rings. The topological polar surface area (TPSA) is 39.7 Å². The minimum absolute atomic E-state index is 0.0770. The predicted molar refractivity (Wildman–Crippen MR) is 85.6 cm³/mol. The van der Waals surface area contributed by atoms with Crippen molar-refractivity contribution in [2.24, 2.45) is 5.41 Å². The van der Waals surface area contributed by atoms with E-state index in [0.717, 1.165) is 24.1 Å². The molecule has 3 aliphatic rings. The molecule has 1 atom stereocenters. The molecular formula is C17H18ClF2NO3. The van der Waals surface area contributed by atoms with Crippen LogP contribution in [0.2, 0.25) is 5.02 Å². The van der Waals surface area contributed by atoms with Crippen molar-refractivity contribution in [1.29, 1.82) is 0 Å². The number of ether oxygens (including phenoxy) is 3. The molecule has 1 saturated heterocycles. The van der Waals surface area contributed by atoms with Gasteiger partial charge in [-0.25, -0.2) is 0 Å². The minimum atomic E-state index is -2.93. The van der Waals surface area contributed by atoms with E-state index in [4.69, 9.17) is 21.1 Å². The first-order valence-electron chi connectivity index (χ1n) is 7.96. The number of alkyl halides is 2. The Morgan fingerprint density at radius 2 is 2.08 bits per heavy atom. The Kier molecular flexibility index (Phi) is 3.84. The van der Waals surface area contributed by atoms with E-state index < -0.39 is 6.61 Å². The maximum atomic E-state index is 12.6. The zero-order chi connectivity index (χ0) is 16.9. The summed E-state index contributed by atoms with van der Waals surface area (Å²) in [5.41, 5.74) is 1.58. The first-order chi connectivity index (χ1) is 11.4. The van der Waals surface area contributed by atoms with E-state index in [2.05, 4.69) is 17.0 Å². The van der Waals surface area contributed by atoms with Gasteiger partial charge in [-0.1, -0.05) is 18.5 Å². The molecule has 24 heavy (non-hydrogen) atoms. The predicted octanol–water partition coefficient (Wildman–Crippen LogP) is 3.83. The second kappa shape index (κ2) is 5.77. The van der Waals surface area contributed by atoms with Crippen molar-refractivity contribution < 1.29 is 23.0 Å². The Hall–Kier alpha value is -1.53. The third kappa shape index (κ3) is 2.93. The van der Waals surface area contributed by atoms with Gasteiger partial charge in [-0.05, 0) is 25.0 Å². The monoisotopic (exact) mass is 357 g/mol. The van der Waals surface area contributed by atoms with Crippen molar-refractivity contribution in [2.75, 3.05) is 13.2 Å². The summed E-state index contributed by atoms with van der Waals surface area (Å²) in [5, 5.41) is 3.62. The maximum Gasteiger partial charge on any atom is 0.387 e. The Balaban J connectivity index is 1.70. The van der Waals surface area contributed by atoms with Gasteiger partial charge in [0.1, 0.15) is 17.6 Å². The summed E-state index contributed by atoms with van der Waals surface area (Å²) in [6.45, 7) is 0.365. The highest BCUT2D eigenvalue weighted by atomic mass is 35.5. The summed E-state index contributed by atoms with van der Waals surface area (Å²) in [4.78, 5) is 0. The van der Waals surface area contributed by atoms with Crippen molar-refractivity contribution >= 4 is 17.3 Å². The lowest BCUT2D eigenvalue weighted by Gasteiger charge is -2.44. The van der Waals surface area contributed by atoms with E-state index in [9.17, 15) is 8.78 Å². The zero-order valence-corrected chi connectivity index (χ0v) is 13.9. The SMILES string of the molecule is CC1(C2C=C(NC3CC3)c3cc(Cl)c(OC(F)F)cc3O2)COC1. The lowest BCUT2D eigenvalue weighted by Crippen LogP contribution is -2.51. The van der Waals surface area contributed by atoms with Crippen LogP contribution in [-0.2, 0) is 4.74 Å². The Labute approximate surface area is 143 Å². The van der Waals surface area contributed by atoms with E-state index in [-0.39, 0.29) is 22.3 Å². The van der Waals surface area contributed by atoms with Crippen molar-refractivity contribution in [3.63, 3.8) is 0 Å². The van der Waals surface area contributed by atoms with Crippen molar-refractivity contribution in [3.8, 4) is 11.5 Å². The van der Waals surface area contributed by atoms with Gasteiger partial charge in [0.25, 0.3) is 0 Å². The van der Waals surface area contributed by atoms with Gasteiger partial charge in [-0.15, -0.1) is 0 Å². The summed E-state index contributed by atoms with van der Waals surface area (Å²) in [6, 6.07) is 3.51. The standard InChI is InChI=1S/C17H18ClF2NO3/c1-17(7-22-8-17)15-5-12(21-9-2-3-9)10-4-11(18)14(24-16(19)20)6-13(10)23-15/h4-6,9,15-16,21H,2-3,7-8H2,1H3. The van der Waals surface area contributed by atoms with Gasteiger partial charge in [0.2, 0.25) is 0 Å². The van der Waals surface area contributed by atoms with Crippen LogP contribution < -0.4 is 14.8 Å². The van der Waals surface area contributed by atoms with E-state index in [0.29, 0.717) is 25.0 Å². The fraction of sp³-hybridized carbons (Fsp3) is 0.529. The number of hydrogen-bond acceptors (Lipinski definition) is 4.